The van der Waals surface area contributed by atoms with Gasteiger partial charge in [-0.15, -0.1) is 0 Å². The summed E-state index contributed by atoms with van der Waals surface area (Å²) in [6, 6.07) is 9.50. The van der Waals surface area contributed by atoms with E-state index in [2.05, 4.69) is 76.1 Å². The number of hydrogen-bond donors (Lipinski definition) is 0. The summed E-state index contributed by atoms with van der Waals surface area (Å²) < 4.78 is 0. The van der Waals surface area contributed by atoms with Crippen molar-refractivity contribution in [3.8, 4) is 0 Å². The van der Waals surface area contributed by atoms with Crippen LogP contribution in [0.1, 0.15) is 108 Å². The SMILES string of the molecule is C=C(CC)C[C@H](Cc1ccc(CCC(=C)[C@@H](CC(=C)C2=CC=CC2C)C2CCCCC2)cc1)C(=C)C1CCCC1. The van der Waals surface area contributed by atoms with Crippen molar-refractivity contribution in [2.45, 2.75) is 110 Å². The molecule has 0 nitrogen and oxygen atoms in total. The fourth-order valence-electron chi connectivity index (χ4n) is 7.66. The summed E-state index contributed by atoms with van der Waals surface area (Å²) in [4.78, 5) is 0. The highest BCUT2D eigenvalue weighted by molar-refractivity contribution is 5.41. The van der Waals surface area contributed by atoms with Crippen LogP contribution in [0.15, 0.2) is 96.7 Å². The second-order valence-electron chi connectivity index (χ2n) is 13.3. The van der Waals surface area contributed by atoms with Gasteiger partial charge in [0.05, 0.1) is 0 Å². The molecule has 3 aliphatic carbocycles. The molecule has 0 bridgehead atoms. The minimum absolute atomic E-state index is 0.501. The van der Waals surface area contributed by atoms with E-state index < -0.39 is 0 Å². The van der Waals surface area contributed by atoms with Crippen LogP contribution in [0.5, 0.6) is 0 Å². The lowest BCUT2D eigenvalue weighted by molar-refractivity contribution is 0.271. The van der Waals surface area contributed by atoms with E-state index in [0.717, 1.165) is 50.4 Å². The Hall–Kier alpha value is -2.34. The molecule has 0 aliphatic heterocycles. The van der Waals surface area contributed by atoms with Gasteiger partial charge >= 0.3 is 0 Å². The number of benzene rings is 1. The number of aryl methyl sites for hydroxylation is 1. The van der Waals surface area contributed by atoms with Gasteiger partial charge in [0.2, 0.25) is 0 Å². The van der Waals surface area contributed by atoms with Crippen molar-refractivity contribution in [1.82, 2.24) is 0 Å². The molecular formula is C40H56. The summed E-state index contributed by atoms with van der Waals surface area (Å²) in [7, 11) is 0. The Morgan fingerprint density at radius 1 is 0.850 bits per heavy atom. The summed E-state index contributed by atoms with van der Waals surface area (Å²) in [5.41, 5.74) is 9.94. The zero-order chi connectivity index (χ0) is 28.5. The molecule has 0 heteroatoms. The average molecular weight is 537 g/mol. The average Bonchev–Trinajstić information content (AvgIpc) is 3.67. The molecular weight excluding hydrogens is 480 g/mol. The Morgan fingerprint density at radius 2 is 1.50 bits per heavy atom. The van der Waals surface area contributed by atoms with E-state index in [1.54, 1.807) is 0 Å². The predicted molar refractivity (Wildman–Crippen MR) is 176 cm³/mol. The van der Waals surface area contributed by atoms with Gasteiger partial charge in [-0.05, 0) is 110 Å². The third kappa shape index (κ3) is 8.34. The lowest BCUT2D eigenvalue weighted by atomic mass is 9.72. The summed E-state index contributed by atoms with van der Waals surface area (Å²) in [5, 5.41) is 0. The number of hydrogen-bond acceptors (Lipinski definition) is 0. The van der Waals surface area contributed by atoms with Crippen molar-refractivity contribution in [1.29, 1.82) is 0 Å². The second kappa shape index (κ2) is 15.0. The first-order valence-corrected chi connectivity index (χ1v) is 16.5. The largest absolute Gasteiger partial charge is 0.0999 e. The van der Waals surface area contributed by atoms with Gasteiger partial charge in [0.1, 0.15) is 0 Å². The molecule has 1 aromatic carbocycles. The first kappa shape index (κ1) is 30.6. The smallest absolute Gasteiger partial charge is 0.000480 e. The maximum absolute atomic E-state index is 4.70. The van der Waals surface area contributed by atoms with Crippen LogP contribution in [0.4, 0.5) is 0 Å². The third-order valence-electron chi connectivity index (χ3n) is 10.5. The van der Waals surface area contributed by atoms with Gasteiger partial charge in [0.15, 0.2) is 0 Å². The zero-order valence-corrected chi connectivity index (χ0v) is 25.9. The third-order valence-corrected chi connectivity index (χ3v) is 10.5. The van der Waals surface area contributed by atoms with E-state index in [4.69, 9.17) is 6.58 Å². The molecule has 1 unspecified atom stereocenters. The summed E-state index contributed by atoms with van der Waals surface area (Å²) in [6.07, 6.45) is 25.5. The van der Waals surface area contributed by atoms with E-state index in [9.17, 15) is 0 Å². The van der Waals surface area contributed by atoms with Gasteiger partial charge in [0.25, 0.3) is 0 Å². The Bertz CT molecular complexity index is 1080. The lowest BCUT2D eigenvalue weighted by Gasteiger charge is -2.33. The van der Waals surface area contributed by atoms with Gasteiger partial charge in [0, 0.05) is 0 Å². The van der Waals surface area contributed by atoms with Gasteiger partial charge in [-0.2, -0.15) is 0 Å². The molecule has 0 heterocycles. The second-order valence-corrected chi connectivity index (χ2v) is 13.3. The van der Waals surface area contributed by atoms with Crippen LogP contribution in [0.25, 0.3) is 0 Å². The molecule has 0 aromatic heterocycles. The van der Waals surface area contributed by atoms with Gasteiger partial charge in [-0.25, -0.2) is 0 Å². The highest BCUT2D eigenvalue weighted by Gasteiger charge is 2.28. The first-order valence-electron chi connectivity index (χ1n) is 16.5. The van der Waals surface area contributed by atoms with Crippen LogP contribution >= 0.6 is 0 Å². The van der Waals surface area contributed by atoms with Crippen LogP contribution in [0.2, 0.25) is 0 Å². The normalized spacial score (nSPS) is 21.2. The van der Waals surface area contributed by atoms with Crippen LogP contribution < -0.4 is 0 Å². The molecule has 216 valence electrons. The fraction of sp³-hybridized carbons (Fsp3) is 0.550. The van der Waals surface area contributed by atoms with Crippen molar-refractivity contribution in [3.05, 3.63) is 108 Å². The van der Waals surface area contributed by atoms with E-state index in [-0.39, 0.29) is 0 Å². The summed E-state index contributed by atoms with van der Waals surface area (Å²) >= 11 is 0. The number of allylic oxidation sites excluding steroid dienone is 8. The number of rotatable bonds is 15. The van der Waals surface area contributed by atoms with Crippen molar-refractivity contribution in [2.24, 2.45) is 29.6 Å². The molecule has 0 radical (unpaired) electrons. The van der Waals surface area contributed by atoms with Crippen LogP contribution in [0.3, 0.4) is 0 Å². The Labute approximate surface area is 247 Å². The van der Waals surface area contributed by atoms with Crippen molar-refractivity contribution >= 4 is 0 Å². The first-order chi connectivity index (χ1) is 19.4. The molecule has 3 aliphatic rings. The fourth-order valence-corrected chi connectivity index (χ4v) is 7.66. The van der Waals surface area contributed by atoms with E-state index >= 15 is 0 Å². The minimum atomic E-state index is 0.501. The van der Waals surface area contributed by atoms with E-state index in [0.29, 0.717) is 17.8 Å². The van der Waals surface area contributed by atoms with E-state index in [1.165, 1.54) is 96.8 Å². The monoisotopic (exact) mass is 536 g/mol. The highest BCUT2D eigenvalue weighted by atomic mass is 14.3. The molecule has 40 heavy (non-hydrogen) atoms. The predicted octanol–water partition coefficient (Wildman–Crippen LogP) is 11.7. The molecule has 4 rings (SSSR count). The summed E-state index contributed by atoms with van der Waals surface area (Å²) in [6.45, 7) is 22.8. The lowest BCUT2D eigenvalue weighted by Crippen LogP contribution is -2.21. The Kier molecular flexibility index (Phi) is 11.5. The Morgan fingerprint density at radius 3 is 2.12 bits per heavy atom. The quantitative estimate of drug-likeness (QED) is 0.196. The van der Waals surface area contributed by atoms with Gasteiger partial charge in [-0.3, -0.25) is 0 Å². The molecule has 0 amide bonds. The van der Waals surface area contributed by atoms with Crippen molar-refractivity contribution in [2.75, 3.05) is 0 Å². The molecule has 0 spiro atoms. The Balaban J connectivity index is 1.36. The molecule has 2 fully saturated rings. The van der Waals surface area contributed by atoms with Gasteiger partial charge in [-0.1, -0.05) is 137 Å². The molecule has 3 atom stereocenters. The van der Waals surface area contributed by atoms with Crippen LogP contribution in [0, 0.1) is 29.6 Å². The zero-order valence-electron chi connectivity index (χ0n) is 25.9. The topological polar surface area (TPSA) is 0 Å². The highest BCUT2D eigenvalue weighted by Crippen LogP contribution is 2.41. The molecule has 0 N–H and O–H groups in total. The molecule has 0 saturated heterocycles. The minimum Gasteiger partial charge on any atom is -0.0999 e. The molecule has 2 saturated carbocycles. The molecule has 1 aromatic rings. The van der Waals surface area contributed by atoms with Crippen LogP contribution in [-0.2, 0) is 12.8 Å². The van der Waals surface area contributed by atoms with Gasteiger partial charge < -0.3 is 0 Å². The summed E-state index contributed by atoms with van der Waals surface area (Å²) in [5.74, 6) is 3.08. The maximum atomic E-state index is 4.70. The van der Waals surface area contributed by atoms with Crippen molar-refractivity contribution in [3.63, 3.8) is 0 Å². The van der Waals surface area contributed by atoms with Crippen LogP contribution in [-0.4, -0.2) is 0 Å². The van der Waals surface area contributed by atoms with Crippen molar-refractivity contribution < 1.29 is 0 Å². The van der Waals surface area contributed by atoms with E-state index in [1.807, 2.05) is 0 Å². The maximum Gasteiger partial charge on any atom is -0.000480 e. The standard InChI is InChI=1S/C40H56/c1-7-29(2)26-38(33(6)36-15-11-12-16-36)28-35-24-22-34(23-25-35)21-20-31(4)40(37-17-9-8-10-18-37)27-32(5)39-19-13-14-30(39)3/h13-14,19,22-25,30,36-38,40H,2,4-12,15-18,20-21,26-28H2,1,3H3/t30?,38-,40-/m1/s1.